The molecule has 248 valence electrons. The lowest BCUT2D eigenvalue weighted by Gasteiger charge is -2.41. The maximum absolute atomic E-state index is 14.8. The van der Waals surface area contributed by atoms with Crippen molar-refractivity contribution in [1.29, 1.82) is 0 Å². The maximum atomic E-state index is 14.8. The second kappa shape index (κ2) is 12.6. The summed E-state index contributed by atoms with van der Waals surface area (Å²) in [6.45, 7) is 1.34. The molecule has 1 atom stereocenters. The molecule has 1 aliphatic heterocycles. The number of carbonyl (C=O) groups is 1. The van der Waals surface area contributed by atoms with Crippen molar-refractivity contribution in [2.45, 2.75) is 74.8 Å². The first-order valence-corrected chi connectivity index (χ1v) is 17.0. The number of aliphatic hydroxyl groups excluding tert-OH is 1. The highest BCUT2D eigenvalue weighted by atomic mass is 32.2. The van der Waals surface area contributed by atoms with Crippen molar-refractivity contribution in [2.24, 2.45) is 0 Å². The first-order valence-electron chi connectivity index (χ1n) is 15.6. The van der Waals surface area contributed by atoms with Crippen LogP contribution in [0.5, 0.6) is 0 Å². The second-order valence-electron chi connectivity index (χ2n) is 12.1. The van der Waals surface area contributed by atoms with Crippen molar-refractivity contribution < 1.29 is 36.2 Å². The summed E-state index contributed by atoms with van der Waals surface area (Å²) < 4.78 is 79.1. The summed E-state index contributed by atoms with van der Waals surface area (Å²) in [4.78, 5) is 27.8. The Bertz CT molecular complexity index is 2010. The topological polar surface area (TPSA) is 106 Å². The summed E-state index contributed by atoms with van der Waals surface area (Å²) in [6, 6.07) is 15.6. The number of hydrogen-bond donors (Lipinski definition) is 1. The zero-order valence-corrected chi connectivity index (χ0v) is 26.8. The van der Waals surface area contributed by atoms with Gasteiger partial charge in [0, 0.05) is 23.7 Å². The van der Waals surface area contributed by atoms with Gasteiger partial charge in [-0.25, -0.2) is 13.2 Å². The van der Waals surface area contributed by atoms with Gasteiger partial charge >= 0.3 is 12.1 Å². The molecule has 47 heavy (non-hydrogen) atoms. The molecule has 8 nitrogen and oxygen atoms in total. The molecule has 0 bridgehead atoms. The largest absolute Gasteiger partial charge is 0.467 e. The molecule has 2 aliphatic rings. The number of esters is 1. The molecule has 0 saturated heterocycles. The zero-order chi connectivity index (χ0) is 33.7. The number of hydrogen-bond acceptors (Lipinski definition) is 6. The van der Waals surface area contributed by atoms with Gasteiger partial charge in [0.05, 0.1) is 18.8 Å². The summed E-state index contributed by atoms with van der Waals surface area (Å²) >= 11 is 0. The Morgan fingerprint density at radius 3 is 2.34 bits per heavy atom. The van der Waals surface area contributed by atoms with Crippen LogP contribution in [0.25, 0.3) is 21.9 Å². The van der Waals surface area contributed by atoms with Gasteiger partial charge < -0.3 is 9.84 Å². The third kappa shape index (κ3) is 5.87. The average Bonchev–Trinajstić information content (AvgIpc) is 3.05. The number of fused-ring (bicyclic) bond motifs is 2. The van der Waals surface area contributed by atoms with Gasteiger partial charge in [0.2, 0.25) is 0 Å². The van der Waals surface area contributed by atoms with Crippen molar-refractivity contribution in [3.05, 3.63) is 99.3 Å². The van der Waals surface area contributed by atoms with E-state index in [1.807, 2.05) is 42.5 Å². The molecule has 1 aromatic heterocycles. The van der Waals surface area contributed by atoms with Gasteiger partial charge in [-0.3, -0.25) is 9.36 Å². The van der Waals surface area contributed by atoms with Crippen LogP contribution in [0.4, 0.5) is 13.2 Å². The van der Waals surface area contributed by atoms with Crippen LogP contribution in [0.3, 0.4) is 0 Å². The molecule has 6 rings (SSSR count). The molecule has 1 unspecified atom stereocenters. The quantitative estimate of drug-likeness (QED) is 0.258. The van der Waals surface area contributed by atoms with E-state index in [1.165, 1.54) is 16.4 Å². The third-order valence-corrected chi connectivity index (χ3v) is 11.4. The molecule has 0 radical (unpaired) electrons. The van der Waals surface area contributed by atoms with E-state index in [1.54, 1.807) is 6.92 Å². The third-order valence-electron chi connectivity index (χ3n) is 9.42. The number of methoxy groups -OCH3 is 1. The fraction of sp³-hybridized carbons (Fsp3) is 0.371. The minimum Gasteiger partial charge on any atom is -0.467 e. The number of benzene rings is 3. The molecule has 3 aromatic carbocycles. The van der Waals surface area contributed by atoms with E-state index in [9.17, 15) is 36.3 Å². The minimum atomic E-state index is -4.73. The van der Waals surface area contributed by atoms with Gasteiger partial charge in [-0.1, -0.05) is 61.5 Å². The van der Waals surface area contributed by atoms with Crippen molar-refractivity contribution >= 4 is 26.8 Å². The lowest BCUT2D eigenvalue weighted by molar-refractivity contribution is -0.145. The summed E-state index contributed by atoms with van der Waals surface area (Å²) in [5, 5.41) is 11.4. The number of sulfonamides is 1. The molecule has 0 amide bonds. The van der Waals surface area contributed by atoms with E-state index in [0.29, 0.717) is 25.7 Å². The van der Waals surface area contributed by atoms with Gasteiger partial charge in [-0.05, 0) is 78.1 Å². The van der Waals surface area contributed by atoms with Crippen LogP contribution < -0.4 is 5.56 Å². The SMILES string of the molecule is CCc1c(Cc2cccc3ccccc23)c(-c2cccc(C(F)(F)F)c2)c2n(c1=O)C(C(=O)OC)CN(C1CCC(O)CC1)S2(=O)=O. The molecule has 2 heterocycles. The van der Waals surface area contributed by atoms with Crippen LogP contribution in [0.15, 0.2) is 76.6 Å². The van der Waals surface area contributed by atoms with Crippen molar-refractivity contribution in [3.63, 3.8) is 0 Å². The lowest BCUT2D eigenvalue weighted by atomic mass is 9.89. The van der Waals surface area contributed by atoms with Crippen LogP contribution in [-0.2, 0) is 38.6 Å². The Hall–Kier alpha value is -4.00. The van der Waals surface area contributed by atoms with Crippen LogP contribution >= 0.6 is 0 Å². The van der Waals surface area contributed by atoms with Crippen LogP contribution in [-0.4, -0.2) is 54.2 Å². The highest BCUT2D eigenvalue weighted by Gasteiger charge is 2.47. The van der Waals surface area contributed by atoms with Crippen molar-refractivity contribution in [2.75, 3.05) is 13.7 Å². The summed E-state index contributed by atoms with van der Waals surface area (Å²) in [5.74, 6) is -0.844. The predicted molar refractivity (Wildman–Crippen MR) is 170 cm³/mol. The molecule has 1 N–H and O–H groups in total. The number of rotatable bonds is 6. The highest BCUT2D eigenvalue weighted by molar-refractivity contribution is 7.89. The fourth-order valence-electron chi connectivity index (χ4n) is 7.12. The number of nitrogens with zero attached hydrogens (tertiary/aromatic N) is 2. The Labute approximate surface area is 270 Å². The predicted octanol–water partition coefficient (Wildman–Crippen LogP) is 5.86. The first kappa shape index (κ1) is 32.9. The zero-order valence-electron chi connectivity index (χ0n) is 26.0. The van der Waals surface area contributed by atoms with E-state index in [0.717, 1.165) is 40.1 Å². The number of halogens is 3. The van der Waals surface area contributed by atoms with E-state index in [2.05, 4.69) is 0 Å². The van der Waals surface area contributed by atoms with E-state index < -0.39 is 56.5 Å². The van der Waals surface area contributed by atoms with Gasteiger partial charge in [0.1, 0.15) is 6.04 Å². The molecular formula is C35H35F3N2O6S. The van der Waals surface area contributed by atoms with Crippen molar-refractivity contribution in [3.8, 4) is 11.1 Å². The van der Waals surface area contributed by atoms with E-state index in [4.69, 9.17) is 4.74 Å². The van der Waals surface area contributed by atoms with Crippen LogP contribution in [0.2, 0.25) is 0 Å². The Kier molecular flexibility index (Phi) is 8.79. The number of aliphatic hydroxyl groups is 1. The van der Waals surface area contributed by atoms with Gasteiger partial charge in [-0.2, -0.15) is 17.5 Å². The molecule has 1 fully saturated rings. The number of carbonyl (C=O) groups excluding carboxylic acids is 1. The van der Waals surface area contributed by atoms with Crippen molar-refractivity contribution in [1.82, 2.24) is 8.87 Å². The smallest absolute Gasteiger partial charge is 0.416 e. The van der Waals surface area contributed by atoms with Gasteiger partial charge in [0.25, 0.3) is 15.6 Å². The minimum absolute atomic E-state index is 0.0402. The lowest BCUT2D eigenvalue weighted by Crippen LogP contribution is -2.54. The molecule has 0 spiro atoms. The Morgan fingerprint density at radius 1 is 0.979 bits per heavy atom. The van der Waals surface area contributed by atoms with Gasteiger partial charge in [0.15, 0.2) is 5.03 Å². The number of ether oxygens (including phenoxy) is 1. The van der Waals surface area contributed by atoms with E-state index >= 15 is 0 Å². The van der Waals surface area contributed by atoms with Crippen LogP contribution in [0.1, 0.15) is 60.9 Å². The second-order valence-corrected chi connectivity index (χ2v) is 13.9. The number of aromatic nitrogens is 1. The summed E-state index contributed by atoms with van der Waals surface area (Å²) in [7, 11) is -3.44. The summed E-state index contributed by atoms with van der Waals surface area (Å²) in [6.07, 6.45) is -3.84. The standard InChI is InChI=1S/C35H35F3N2O6S/c1-3-27-29(19-22-10-6-9-21-8-4-5-13-28(21)22)31(23-11-7-12-24(18-23)35(36,37)38)33-40(32(27)42)30(34(43)46-2)20-39(47(33,44)45)25-14-16-26(41)17-15-25/h4-13,18,25-26,30,41H,3,14-17,19-20H2,1-2H3. The summed E-state index contributed by atoms with van der Waals surface area (Å²) in [5.41, 5.74) is -0.529. The average molecular weight is 669 g/mol. The monoisotopic (exact) mass is 668 g/mol. The maximum Gasteiger partial charge on any atom is 0.416 e. The Balaban J connectivity index is 1.72. The highest BCUT2D eigenvalue weighted by Crippen LogP contribution is 2.43. The van der Waals surface area contributed by atoms with Crippen LogP contribution in [0, 0.1) is 0 Å². The molecule has 1 aliphatic carbocycles. The molecule has 12 heteroatoms. The fourth-order valence-corrected chi connectivity index (χ4v) is 9.24. The number of pyridine rings is 1. The normalized spacial score (nSPS) is 21.4. The number of alkyl halides is 3. The molecule has 1 saturated carbocycles. The first-order chi connectivity index (χ1) is 22.4. The molecule has 4 aromatic rings. The van der Waals surface area contributed by atoms with E-state index in [-0.39, 0.29) is 41.6 Å². The molecular weight excluding hydrogens is 633 g/mol. The van der Waals surface area contributed by atoms with Gasteiger partial charge in [-0.15, -0.1) is 0 Å². The Morgan fingerprint density at radius 2 is 1.66 bits per heavy atom.